The van der Waals surface area contributed by atoms with Crippen LogP contribution in [0.25, 0.3) is 0 Å². The lowest BCUT2D eigenvalue weighted by atomic mass is 9.96. The van der Waals surface area contributed by atoms with Crippen LogP contribution in [0.1, 0.15) is 29.6 Å². The molecule has 3 nitrogen and oxygen atoms in total. The Balaban J connectivity index is 2.08. The Morgan fingerprint density at radius 2 is 2.00 bits per heavy atom. The third kappa shape index (κ3) is 2.25. The Morgan fingerprint density at radius 3 is 2.50 bits per heavy atom. The molecule has 0 aromatic heterocycles. The van der Waals surface area contributed by atoms with Gasteiger partial charge in [0, 0.05) is 17.5 Å². The van der Waals surface area contributed by atoms with Crippen molar-refractivity contribution in [2.24, 2.45) is 11.7 Å². The molecule has 0 bridgehead atoms. The average molecular weight is 219 g/mol. The summed E-state index contributed by atoms with van der Waals surface area (Å²) in [5.41, 5.74) is 6.58. The van der Waals surface area contributed by atoms with Gasteiger partial charge in [-0.05, 0) is 43.5 Å². The van der Waals surface area contributed by atoms with Gasteiger partial charge >= 0.3 is 0 Å². The minimum Gasteiger partial charge on any atom is -0.497 e. The van der Waals surface area contributed by atoms with Crippen molar-refractivity contribution in [2.45, 2.75) is 25.3 Å². The van der Waals surface area contributed by atoms with E-state index in [0.717, 1.165) is 30.6 Å². The van der Waals surface area contributed by atoms with E-state index in [4.69, 9.17) is 10.5 Å². The first-order valence-corrected chi connectivity index (χ1v) is 5.64. The Kier molecular flexibility index (Phi) is 3.25. The molecule has 16 heavy (non-hydrogen) atoms. The molecular weight excluding hydrogens is 202 g/mol. The first-order chi connectivity index (χ1) is 7.70. The highest BCUT2D eigenvalue weighted by Gasteiger charge is 2.28. The number of methoxy groups -OCH3 is 1. The van der Waals surface area contributed by atoms with Crippen LogP contribution in [0, 0.1) is 5.92 Å². The molecule has 1 aliphatic carbocycles. The molecule has 0 spiro atoms. The lowest BCUT2D eigenvalue weighted by molar-refractivity contribution is 0.0922. The monoisotopic (exact) mass is 219 g/mol. The first-order valence-electron chi connectivity index (χ1n) is 5.64. The van der Waals surface area contributed by atoms with Crippen molar-refractivity contribution in [1.82, 2.24) is 0 Å². The van der Waals surface area contributed by atoms with Gasteiger partial charge < -0.3 is 10.5 Å². The number of hydrogen-bond acceptors (Lipinski definition) is 3. The van der Waals surface area contributed by atoms with Gasteiger partial charge in [0.2, 0.25) is 0 Å². The van der Waals surface area contributed by atoms with Crippen LogP contribution in [-0.4, -0.2) is 18.9 Å². The van der Waals surface area contributed by atoms with Crippen LogP contribution in [0.15, 0.2) is 24.3 Å². The highest BCUT2D eigenvalue weighted by molar-refractivity contribution is 5.98. The molecule has 1 aromatic carbocycles. The second-order valence-electron chi connectivity index (χ2n) is 4.36. The summed E-state index contributed by atoms with van der Waals surface area (Å²) in [6.45, 7) is 0. The molecule has 0 amide bonds. The van der Waals surface area contributed by atoms with Crippen molar-refractivity contribution in [3.63, 3.8) is 0 Å². The van der Waals surface area contributed by atoms with Crippen molar-refractivity contribution in [1.29, 1.82) is 0 Å². The second kappa shape index (κ2) is 4.66. The lowest BCUT2D eigenvalue weighted by Crippen LogP contribution is -2.18. The molecule has 0 aliphatic heterocycles. The van der Waals surface area contributed by atoms with E-state index in [2.05, 4.69) is 0 Å². The number of carbonyl (C=O) groups excluding carboxylic acids is 1. The van der Waals surface area contributed by atoms with Crippen LogP contribution in [-0.2, 0) is 0 Å². The van der Waals surface area contributed by atoms with Crippen LogP contribution < -0.4 is 10.5 Å². The van der Waals surface area contributed by atoms with Gasteiger partial charge in [-0.2, -0.15) is 0 Å². The molecule has 86 valence electrons. The van der Waals surface area contributed by atoms with Gasteiger partial charge in [0.25, 0.3) is 0 Å². The van der Waals surface area contributed by atoms with E-state index in [1.807, 2.05) is 24.3 Å². The third-order valence-corrected chi connectivity index (χ3v) is 3.22. The normalized spacial score (nSPS) is 24.4. The van der Waals surface area contributed by atoms with Gasteiger partial charge in [-0.15, -0.1) is 0 Å². The SMILES string of the molecule is COc1ccc(C(=O)C2CCC(N)C2)cc1. The molecule has 0 heterocycles. The van der Waals surface area contributed by atoms with Crippen molar-refractivity contribution >= 4 is 5.78 Å². The van der Waals surface area contributed by atoms with Gasteiger partial charge in [-0.1, -0.05) is 0 Å². The van der Waals surface area contributed by atoms with Crippen molar-refractivity contribution in [3.8, 4) is 5.75 Å². The van der Waals surface area contributed by atoms with Gasteiger partial charge in [0.05, 0.1) is 7.11 Å². The third-order valence-electron chi connectivity index (χ3n) is 3.22. The molecule has 0 saturated heterocycles. The zero-order chi connectivity index (χ0) is 11.5. The molecule has 2 atom stereocenters. The Hall–Kier alpha value is -1.35. The maximum atomic E-state index is 12.1. The topological polar surface area (TPSA) is 52.3 Å². The fraction of sp³-hybridized carbons (Fsp3) is 0.462. The van der Waals surface area contributed by atoms with Crippen molar-refractivity contribution < 1.29 is 9.53 Å². The zero-order valence-corrected chi connectivity index (χ0v) is 9.48. The van der Waals surface area contributed by atoms with E-state index in [1.54, 1.807) is 7.11 Å². The van der Waals surface area contributed by atoms with Crippen LogP contribution >= 0.6 is 0 Å². The predicted molar refractivity (Wildman–Crippen MR) is 62.6 cm³/mol. The van der Waals surface area contributed by atoms with Crippen LogP contribution in [0.5, 0.6) is 5.75 Å². The van der Waals surface area contributed by atoms with E-state index in [9.17, 15) is 4.79 Å². The number of ether oxygens (including phenoxy) is 1. The minimum atomic E-state index is 0.114. The number of rotatable bonds is 3. The molecule has 1 saturated carbocycles. The van der Waals surface area contributed by atoms with Crippen molar-refractivity contribution in [2.75, 3.05) is 7.11 Å². The largest absolute Gasteiger partial charge is 0.497 e. The maximum Gasteiger partial charge on any atom is 0.166 e. The van der Waals surface area contributed by atoms with E-state index < -0.39 is 0 Å². The predicted octanol–water partition coefficient (Wildman–Crippen LogP) is 2.01. The standard InChI is InChI=1S/C13H17NO2/c1-16-12-6-3-9(4-7-12)13(15)10-2-5-11(14)8-10/h3-4,6-7,10-11H,2,5,8,14H2,1H3. The summed E-state index contributed by atoms with van der Waals surface area (Å²) in [5, 5.41) is 0. The summed E-state index contributed by atoms with van der Waals surface area (Å²) in [6.07, 6.45) is 2.71. The van der Waals surface area contributed by atoms with E-state index >= 15 is 0 Å². The van der Waals surface area contributed by atoms with E-state index in [0.29, 0.717) is 0 Å². The lowest BCUT2D eigenvalue weighted by Gasteiger charge is -2.08. The van der Waals surface area contributed by atoms with Crippen LogP contribution in [0.3, 0.4) is 0 Å². The summed E-state index contributed by atoms with van der Waals surface area (Å²) in [5.74, 6) is 1.11. The molecule has 2 N–H and O–H groups in total. The molecular formula is C13H17NO2. The van der Waals surface area contributed by atoms with Gasteiger partial charge in [0.15, 0.2) is 5.78 Å². The number of hydrogen-bond donors (Lipinski definition) is 1. The number of carbonyl (C=O) groups is 1. The summed E-state index contributed by atoms with van der Waals surface area (Å²) in [7, 11) is 1.62. The molecule has 2 rings (SSSR count). The molecule has 3 heteroatoms. The van der Waals surface area contributed by atoms with E-state index in [-0.39, 0.29) is 17.7 Å². The summed E-state index contributed by atoms with van der Waals surface area (Å²) in [6, 6.07) is 7.49. The summed E-state index contributed by atoms with van der Waals surface area (Å²) in [4.78, 5) is 12.1. The average Bonchev–Trinajstić information content (AvgIpc) is 2.75. The van der Waals surface area contributed by atoms with E-state index in [1.165, 1.54) is 0 Å². The number of Topliss-reactive ketones (excluding diaryl/α,β-unsaturated/α-hetero) is 1. The quantitative estimate of drug-likeness (QED) is 0.791. The molecule has 1 aliphatic rings. The Labute approximate surface area is 95.6 Å². The van der Waals surface area contributed by atoms with Crippen LogP contribution in [0.2, 0.25) is 0 Å². The van der Waals surface area contributed by atoms with Gasteiger partial charge in [-0.25, -0.2) is 0 Å². The fourth-order valence-corrected chi connectivity index (χ4v) is 2.25. The number of nitrogens with two attached hydrogens (primary N) is 1. The Morgan fingerprint density at radius 1 is 1.31 bits per heavy atom. The highest BCUT2D eigenvalue weighted by Crippen LogP contribution is 2.28. The highest BCUT2D eigenvalue weighted by atomic mass is 16.5. The van der Waals surface area contributed by atoms with Gasteiger partial charge in [-0.3, -0.25) is 4.79 Å². The van der Waals surface area contributed by atoms with Crippen molar-refractivity contribution in [3.05, 3.63) is 29.8 Å². The number of benzene rings is 1. The fourth-order valence-electron chi connectivity index (χ4n) is 2.25. The summed E-state index contributed by atoms with van der Waals surface area (Å²) < 4.78 is 5.06. The Bertz CT molecular complexity index is 372. The van der Waals surface area contributed by atoms with Gasteiger partial charge in [0.1, 0.15) is 5.75 Å². The molecule has 1 aromatic rings. The molecule has 2 unspecified atom stereocenters. The maximum absolute atomic E-state index is 12.1. The molecule has 0 radical (unpaired) electrons. The second-order valence-corrected chi connectivity index (χ2v) is 4.36. The molecule has 1 fully saturated rings. The summed E-state index contributed by atoms with van der Waals surface area (Å²) >= 11 is 0. The number of ketones is 1. The smallest absolute Gasteiger partial charge is 0.166 e. The first kappa shape index (κ1) is 11.1. The zero-order valence-electron chi connectivity index (χ0n) is 9.48. The van der Waals surface area contributed by atoms with Crippen LogP contribution in [0.4, 0.5) is 0 Å². The minimum absolute atomic E-state index is 0.114.